The van der Waals surface area contributed by atoms with Crippen LogP contribution in [-0.2, 0) is 4.79 Å². The first kappa shape index (κ1) is 13.8. The Morgan fingerprint density at radius 1 is 1.00 bits per heavy atom. The maximum absolute atomic E-state index is 12.1. The quantitative estimate of drug-likeness (QED) is 0.767. The second-order valence-corrected chi connectivity index (χ2v) is 4.74. The molecule has 1 amide bonds. The van der Waals surface area contributed by atoms with Gasteiger partial charge in [0.25, 0.3) is 0 Å². The normalized spacial score (nSPS) is 26.8. The summed E-state index contributed by atoms with van der Waals surface area (Å²) in [4.78, 5) is 14.2. The second-order valence-electron chi connectivity index (χ2n) is 4.74. The van der Waals surface area contributed by atoms with Gasteiger partial charge in [0.05, 0.1) is 6.04 Å². The van der Waals surface area contributed by atoms with Crippen LogP contribution >= 0.6 is 12.4 Å². The Balaban J connectivity index is 0.00000128. The van der Waals surface area contributed by atoms with Gasteiger partial charge in [-0.05, 0) is 32.2 Å². The zero-order valence-electron chi connectivity index (χ0n) is 9.91. The van der Waals surface area contributed by atoms with Crippen LogP contribution in [0.2, 0.25) is 0 Å². The average Bonchev–Trinajstić information content (AvgIpc) is 2.68. The molecule has 1 N–H and O–H groups in total. The van der Waals surface area contributed by atoms with E-state index in [2.05, 4.69) is 10.2 Å². The van der Waals surface area contributed by atoms with Crippen LogP contribution in [0.3, 0.4) is 0 Å². The van der Waals surface area contributed by atoms with E-state index in [1.54, 1.807) is 0 Å². The van der Waals surface area contributed by atoms with Crippen LogP contribution in [0.5, 0.6) is 0 Å². The first-order valence-corrected chi connectivity index (χ1v) is 6.40. The molecule has 2 aliphatic rings. The summed E-state index contributed by atoms with van der Waals surface area (Å²) in [5.41, 5.74) is 0. The Morgan fingerprint density at radius 2 is 1.62 bits per heavy atom. The van der Waals surface area contributed by atoms with Gasteiger partial charge in [-0.15, -0.1) is 12.4 Å². The molecule has 0 aromatic heterocycles. The second kappa shape index (κ2) is 7.13. The van der Waals surface area contributed by atoms with Crippen molar-refractivity contribution in [2.24, 2.45) is 0 Å². The molecule has 0 bridgehead atoms. The van der Waals surface area contributed by atoms with Gasteiger partial charge in [0.15, 0.2) is 0 Å². The summed E-state index contributed by atoms with van der Waals surface area (Å²) in [6.45, 7) is 2.98. The summed E-state index contributed by atoms with van der Waals surface area (Å²) < 4.78 is 0. The van der Waals surface area contributed by atoms with E-state index in [0.717, 1.165) is 32.5 Å². The van der Waals surface area contributed by atoms with Crippen molar-refractivity contribution in [3.05, 3.63) is 0 Å². The predicted molar refractivity (Wildman–Crippen MR) is 67.9 cm³/mol. The molecule has 0 unspecified atom stereocenters. The third kappa shape index (κ3) is 3.63. The molecule has 1 atom stereocenters. The molecule has 16 heavy (non-hydrogen) atoms. The molecule has 0 saturated carbocycles. The van der Waals surface area contributed by atoms with Gasteiger partial charge in [-0.1, -0.05) is 19.3 Å². The minimum Gasteiger partial charge on any atom is -0.341 e. The summed E-state index contributed by atoms with van der Waals surface area (Å²) in [5, 5.41) is 3.30. The maximum Gasteiger partial charge on any atom is 0.239 e. The zero-order chi connectivity index (χ0) is 10.5. The number of carbonyl (C=O) groups is 1. The summed E-state index contributed by atoms with van der Waals surface area (Å²) in [6, 6.07) is 0.129. The number of likely N-dealkylation sites (tertiary alicyclic amines) is 1. The Bertz CT molecular complexity index is 209. The van der Waals surface area contributed by atoms with Crippen LogP contribution in [0.15, 0.2) is 0 Å². The lowest BCUT2D eigenvalue weighted by atomic mass is 10.1. The van der Waals surface area contributed by atoms with E-state index in [1.807, 2.05) is 0 Å². The molecule has 2 fully saturated rings. The molecule has 2 aliphatic heterocycles. The Morgan fingerprint density at radius 3 is 2.19 bits per heavy atom. The van der Waals surface area contributed by atoms with Crippen LogP contribution in [0.4, 0.5) is 0 Å². The SMILES string of the molecule is Cl.O=C([C@@H]1CCCN1)N1CCCCCCC1. The number of carbonyl (C=O) groups excluding carboxylic acids is 1. The fourth-order valence-electron chi connectivity index (χ4n) is 2.58. The highest BCUT2D eigenvalue weighted by Gasteiger charge is 2.26. The van der Waals surface area contributed by atoms with Crippen LogP contribution in [0, 0.1) is 0 Å². The smallest absolute Gasteiger partial charge is 0.239 e. The summed E-state index contributed by atoms with van der Waals surface area (Å²) in [5.74, 6) is 0.356. The van der Waals surface area contributed by atoms with Crippen LogP contribution in [0.25, 0.3) is 0 Å². The number of nitrogens with zero attached hydrogens (tertiary/aromatic N) is 1. The van der Waals surface area contributed by atoms with E-state index < -0.39 is 0 Å². The minimum absolute atomic E-state index is 0. The van der Waals surface area contributed by atoms with Crippen LogP contribution in [0.1, 0.15) is 44.9 Å². The van der Waals surface area contributed by atoms with E-state index in [4.69, 9.17) is 0 Å². The number of hydrogen-bond acceptors (Lipinski definition) is 2. The lowest BCUT2D eigenvalue weighted by Gasteiger charge is -2.27. The lowest BCUT2D eigenvalue weighted by molar-refractivity contribution is -0.133. The molecule has 94 valence electrons. The van der Waals surface area contributed by atoms with Crippen molar-refractivity contribution >= 4 is 18.3 Å². The maximum atomic E-state index is 12.1. The molecule has 2 saturated heterocycles. The Labute approximate surface area is 104 Å². The third-order valence-electron chi connectivity index (χ3n) is 3.53. The predicted octanol–water partition coefficient (Wildman–Crippen LogP) is 1.95. The van der Waals surface area contributed by atoms with Crippen molar-refractivity contribution in [1.29, 1.82) is 0 Å². The number of hydrogen-bond donors (Lipinski definition) is 1. The largest absolute Gasteiger partial charge is 0.341 e. The van der Waals surface area contributed by atoms with E-state index in [-0.39, 0.29) is 18.4 Å². The van der Waals surface area contributed by atoms with Gasteiger partial charge in [-0.25, -0.2) is 0 Å². The Kier molecular flexibility index (Phi) is 6.14. The van der Waals surface area contributed by atoms with Gasteiger partial charge in [0.1, 0.15) is 0 Å². The molecule has 0 aromatic rings. The monoisotopic (exact) mass is 246 g/mol. The molecule has 2 rings (SSSR count). The summed E-state index contributed by atoms with van der Waals surface area (Å²) in [6.07, 6.45) is 8.52. The molecule has 2 heterocycles. The van der Waals surface area contributed by atoms with Crippen molar-refractivity contribution in [1.82, 2.24) is 10.2 Å². The Hall–Kier alpha value is -0.280. The average molecular weight is 247 g/mol. The highest BCUT2D eigenvalue weighted by molar-refractivity contribution is 5.85. The van der Waals surface area contributed by atoms with Crippen molar-refractivity contribution in [3.8, 4) is 0 Å². The van der Waals surface area contributed by atoms with Gasteiger partial charge in [-0.2, -0.15) is 0 Å². The minimum atomic E-state index is 0. The number of nitrogens with one attached hydrogen (secondary N) is 1. The number of halogens is 1. The van der Waals surface area contributed by atoms with E-state index in [1.165, 1.54) is 32.1 Å². The van der Waals surface area contributed by atoms with Crippen LogP contribution < -0.4 is 5.32 Å². The fraction of sp³-hybridized carbons (Fsp3) is 0.917. The van der Waals surface area contributed by atoms with Crippen molar-refractivity contribution in [2.45, 2.75) is 51.0 Å². The molecular weight excluding hydrogens is 224 g/mol. The number of rotatable bonds is 1. The molecule has 0 spiro atoms. The number of amides is 1. The van der Waals surface area contributed by atoms with Gasteiger partial charge >= 0.3 is 0 Å². The van der Waals surface area contributed by atoms with Gasteiger partial charge in [0.2, 0.25) is 5.91 Å². The highest BCUT2D eigenvalue weighted by atomic mass is 35.5. The van der Waals surface area contributed by atoms with Crippen LogP contribution in [-0.4, -0.2) is 36.5 Å². The van der Waals surface area contributed by atoms with Crippen molar-refractivity contribution in [3.63, 3.8) is 0 Å². The molecule has 4 heteroatoms. The molecular formula is C12H23ClN2O. The molecule has 0 aromatic carbocycles. The third-order valence-corrected chi connectivity index (χ3v) is 3.53. The van der Waals surface area contributed by atoms with Crippen molar-refractivity contribution < 1.29 is 4.79 Å². The lowest BCUT2D eigenvalue weighted by Crippen LogP contribution is -2.44. The topological polar surface area (TPSA) is 32.3 Å². The molecule has 0 radical (unpaired) electrons. The van der Waals surface area contributed by atoms with E-state index in [9.17, 15) is 4.79 Å². The van der Waals surface area contributed by atoms with Gasteiger partial charge in [0, 0.05) is 13.1 Å². The standard InChI is InChI=1S/C12H22N2O.ClH/c15-12(11-7-6-8-13-11)14-9-4-2-1-3-5-10-14;/h11,13H,1-10H2;1H/t11-;/m0./s1. The van der Waals surface area contributed by atoms with Gasteiger partial charge in [-0.3, -0.25) is 4.79 Å². The molecule has 0 aliphatic carbocycles. The summed E-state index contributed by atoms with van der Waals surface area (Å²) >= 11 is 0. The zero-order valence-corrected chi connectivity index (χ0v) is 10.7. The first-order valence-electron chi connectivity index (χ1n) is 6.40. The van der Waals surface area contributed by atoms with Gasteiger partial charge < -0.3 is 10.2 Å². The first-order chi connectivity index (χ1) is 7.38. The van der Waals surface area contributed by atoms with Crippen molar-refractivity contribution in [2.75, 3.05) is 19.6 Å². The molecule has 3 nitrogen and oxygen atoms in total. The fourth-order valence-corrected chi connectivity index (χ4v) is 2.58. The highest BCUT2D eigenvalue weighted by Crippen LogP contribution is 2.14. The van der Waals surface area contributed by atoms with E-state index >= 15 is 0 Å². The van der Waals surface area contributed by atoms with E-state index in [0.29, 0.717) is 5.91 Å². The summed E-state index contributed by atoms with van der Waals surface area (Å²) in [7, 11) is 0.